The molecule has 0 aliphatic carbocycles. The highest BCUT2D eigenvalue weighted by Crippen LogP contribution is 2.22. The molecule has 1 heterocycles. The highest BCUT2D eigenvalue weighted by atomic mass is 32.2. The number of rotatable bonds is 6. The molecule has 1 fully saturated rings. The van der Waals surface area contributed by atoms with Gasteiger partial charge in [0, 0.05) is 39.8 Å². The number of hydrogen-bond acceptors (Lipinski definition) is 4. The van der Waals surface area contributed by atoms with Crippen LogP contribution in [0.25, 0.3) is 0 Å². The number of carbonyl (C=O) groups is 2. The van der Waals surface area contributed by atoms with Crippen molar-refractivity contribution < 1.29 is 18.0 Å². The third-order valence-corrected chi connectivity index (χ3v) is 6.93. The maximum Gasteiger partial charge on any atom is 0.303 e. The average Bonchev–Trinajstić information content (AvgIpc) is 3.28. The first-order chi connectivity index (χ1) is 14.2. The van der Waals surface area contributed by atoms with Gasteiger partial charge in [-0.25, -0.2) is 0 Å². The average molecular weight is 431 g/mol. The summed E-state index contributed by atoms with van der Waals surface area (Å²) in [7, 11) is 0.744. The highest BCUT2D eigenvalue weighted by molar-refractivity contribution is 7.90. The summed E-state index contributed by atoms with van der Waals surface area (Å²) >= 11 is 0. The minimum Gasteiger partial charge on any atom is -0.339 e. The topological polar surface area (TPSA) is 90.0 Å². The molecule has 1 aliphatic heterocycles. The summed E-state index contributed by atoms with van der Waals surface area (Å²) in [5, 5.41) is 2.80. The molecule has 0 atom stereocenters. The predicted octanol–water partition coefficient (Wildman–Crippen LogP) is 2.42. The first kappa shape index (κ1) is 21.8. The van der Waals surface area contributed by atoms with Crippen LogP contribution in [0, 0.1) is 0 Å². The molecule has 0 unspecified atom stereocenters. The van der Waals surface area contributed by atoms with Crippen LogP contribution in [0.4, 0.5) is 11.4 Å². The summed E-state index contributed by atoms with van der Waals surface area (Å²) in [4.78, 5) is 27.3. The Hall–Kier alpha value is -2.91. The third kappa shape index (κ3) is 4.47. The number of anilines is 2. The zero-order chi connectivity index (χ0) is 21.9. The van der Waals surface area contributed by atoms with Crippen LogP contribution < -0.4 is 9.62 Å². The van der Waals surface area contributed by atoms with Crippen LogP contribution >= 0.6 is 0 Å². The Bertz CT molecular complexity index is 1030. The van der Waals surface area contributed by atoms with Crippen LogP contribution in [0.3, 0.4) is 0 Å². The minimum atomic E-state index is -3.61. The van der Waals surface area contributed by atoms with E-state index in [0.29, 0.717) is 22.5 Å². The number of amides is 2. The van der Waals surface area contributed by atoms with Crippen molar-refractivity contribution in [2.75, 3.05) is 43.9 Å². The molecule has 1 aliphatic rings. The van der Waals surface area contributed by atoms with Crippen molar-refractivity contribution in [3.8, 4) is 0 Å². The quantitative estimate of drug-likeness (QED) is 0.762. The number of hydrogen-bond donors (Lipinski definition) is 1. The van der Waals surface area contributed by atoms with E-state index in [0.717, 1.165) is 34.5 Å². The summed E-state index contributed by atoms with van der Waals surface area (Å²) in [5.74, 6) is -0.462. The zero-order valence-electron chi connectivity index (χ0n) is 17.3. The number of nitrogens with zero attached hydrogens (tertiary/aromatic N) is 3. The van der Waals surface area contributed by atoms with E-state index in [9.17, 15) is 18.0 Å². The van der Waals surface area contributed by atoms with Crippen LogP contribution in [0.5, 0.6) is 0 Å². The monoisotopic (exact) mass is 430 g/mol. The van der Waals surface area contributed by atoms with Crippen molar-refractivity contribution >= 4 is 33.4 Å². The maximum absolute atomic E-state index is 12.8. The van der Waals surface area contributed by atoms with E-state index >= 15 is 0 Å². The van der Waals surface area contributed by atoms with Crippen LogP contribution in [0.2, 0.25) is 0 Å². The number of likely N-dealkylation sites (tertiary alicyclic amines) is 1. The van der Waals surface area contributed by atoms with Gasteiger partial charge < -0.3 is 10.2 Å². The number of carbonyl (C=O) groups excluding carboxylic acids is 2. The highest BCUT2D eigenvalue weighted by Gasteiger charge is 2.23. The summed E-state index contributed by atoms with van der Waals surface area (Å²) in [6.07, 6.45) is 1.98. The molecule has 1 N–H and O–H groups in total. The fourth-order valence-electron chi connectivity index (χ4n) is 3.26. The van der Waals surface area contributed by atoms with E-state index in [1.807, 2.05) is 0 Å². The van der Waals surface area contributed by atoms with Gasteiger partial charge in [0.05, 0.1) is 16.9 Å². The van der Waals surface area contributed by atoms with Crippen molar-refractivity contribution in [3.63, 3.8) is 0 Å². The lowest BCUT2D eigenvalue weighted by Gasteiger charge is -2.23. The van der Waals surface area contributed by atoms with Crippen molar-refractivity contribution in [3.05, 3.63) is 59.7 Å². The van der Waals surface area contributed by atoms with E-state index < -0.39 is 10.2 Å². The van der Waals surface area contributed by atoms with Crippen LogP contribution in [0.15, 0.2) is 48.5 Å². The third-order valence-electron chi connectivity index (χ3n) is 5.10. The molecule has 2 amide bonds. The molecule has 2 aromatic carbocycles. The standard InChI is InChI=1S/C21H26N4O4S/c1-23(2)30(28,29)24(3)17-12-10-16(11-13-17)20(26)22-19-9-5-4-8-18(19)21(27)25-14-6-7-15-25/h4-5,8-13H,6-7,14-15H2,1-3H3,(H,22,26). The number of benzene rings is 2. The van der Waals surface area contributed by atoms with Gasteiger partial charge in [0.2, 0.25) is 0 Å². The van der Waals surface area contributed by atoms with Crippen molar-refractivity contribution in [2.24, 2.45) is 0 Å². The molecule has 2 aromatic rings. The van der Waals surface area contributed by atoms with Crippen LogP contribution in [0.1, 0.15) is 33.6 Å². The zero-order valence-corrected chi connectivity index (χ0v) is 18.1. The minimum absolute atomic E-state index is 0.0886. The largest absolute Gasteiger partial charge is 0.339 e. The molecule has 1 saturated heterocycles. The van der Waals surface area contributed by atoms with Gasteiger partial charge in [0.15, 0.2) is 0 Å². The van der Waals surface area contributed by atoms with Gasteiger partial charge in [-0.15, -0.1) is 0 Å². The second-order valence-corrected chi connectivity index (χ2v) is 9.48. The molecule has 160 valence electrons. The molecule has 0 spiro atoms. The van der Waals surface area contributed by atoms with Crippen molar-refractivity contribution in [1.82, 2.24) is 9.21 Å². The molecule has 0 radical (unpaired) electrons. The van der Waals surface area contributed by atoms with Gasteiger partial charge in [0.1, 0.15) is 0 Å². The lowest BCUT2D eigenvalue weighted by Crippen LogP contribution is -2.37. The summed E-state index contributed by atoms with van der Waals surface area (Å²) in [6.45, 7) is 1.46. The maximum atomic E-state index is 12.8. The van der Waals surface area contributed by atoms with Crippen LogP contribution in [-0.2, 0) is 10.2 Å². The molecule has 3 rings (SSSR count). The Balaban J connectivity index is 1.77. The van der Waals surface area contributed by atoms with E-state index in [1.165, 1.54) is 21.1 Å². The summed E-state index contributed by atoms with van der Waals surface area (Å²) < 4.78 is 26.7. The number of nitrogens with one attached hydrogen (secondary N) is 1. The molecule has 9 heteroatoms. The molecular weight excluding hydrogens is 404 g/mol. The Kier molecular flexibility index (Phi) is 6.42. The molecule has 0 saturated carbocycles. The first-order valence-electron chi connectivity index (χ1n) is 9.68. The molecule has 30 heavy (non-hydrogen) atoms. The first-order valence-corrected chi connectivity index (χ1v) is 11.1. The van der Waals surface area contributed by atoms with E-state index in [-0.39, 0.29) is 11.8 Å². The van der Waals surface area contributed by atoms with Gasteiger partial charge in [-0.3, -0.25) is 13.9 Å². The van der Waals surface area contributed by atoms with Gasteiger partial charge in [-0.1, -0.05) is 12.1 Å². The molecule has 8 nitrogen and oxygen atoms in total. The Morgan fingerprint density at radius 3 is 2.13 bits per heavy atom. The predicted molar refractivity (Wildman–Crippen MR) is 117 cm³/mol. The fraction of sp³-hybridized carbons (Fsp3) is 0.333. The smallest absolute Gasteiger partial charge is 0.303 e. The molecule has 0 bridgehead atoms. The van der Waals surface area contributed by atoms with Gasteiger partial charge in [-0.05, 0) is 49.2 Å². The van der Waals surface area contributed by atoms with E-state index in [2.05, 4.69) is 5.32 Å². The summed E-state index contributed by atoms with van der Waals surface area (Å²) in [6, 6.07) is 13.2. The van der Waals surface area contributed by atoms with Crippen LogP contribution in [-0.4, -0.2) is 63.7 Å². The van der Waals surface area contributed by atoms with E-state index in [1.54, 1.807) is 53.4 Å². The molecule has 0 aromatic heterocycles. The fourth-order valence-corrected chi connectivity index (χ4v) is 4.14. The normalized spacial score (nSPS) is 14.1. The second kappa shape index (κ2) is 8.85. The lowest BCUT2D eigenvalue weighted by molar-refractivity contribution is 0.0794. The summed E-state index contributed by atoms with van der Waals surface area (Å²) in [5.41, 5.74) is 1.71. The van der Waals surface area contributed by atoms with Gasteiger partial charge in [0.25, 0.3) is 11.8 Å². The molecular formula is C21H26N4O4S. The van der Waals surface area contributed by atoms with Gasteiger partial charge >= 0.3 is 10.2 Å². The Morgan fingerprint density at radius 2 is 1.53 bits per heavy atom. The SMILES string of the molecule is CN(C)S(=O)(=O)N(C)c1ccc(C(=O)Nc2ccccc2C(=O)N2CCCC2)cc1. The van der Waals surface area contributed by atoms with Gasteiger partial charge in [-0.2, -0.15) is 12.7 Å². The Morgan fingerprint density at radius 1 is 0.933 bits per heavy atom. The van der Waals surface area contributed by atoms with E-state index in [4.69, 9.17) is 0 Å². The number of para-hydroxylation sites is 1. The second-order valence-electron chi connectivity index (χ2n) is 7.30. The van der Waals surface area contributed by atoms with Crippen molar-refractivity contribution in [1.29, 1.82) is 0 Å². The lowest BCUT2D eigenvalue weighted by atomic mass is 10.1. The van der Waals surface area contributed by atoms with Crippen molar-refractivity contribution in [2.45, 2.75) is 12.8 Å². The Labute approximate surface area is 177 Å².